The number of hydrogen-bond acceptors (Lipinski definition) is 6. The Labute approximate surface area is 179 Å². The topological polar surface area (TPSA) is 65.5 Å². The standard InChI is InChI=1S/C24H33N3O3/c1-17-3-9-20(10-4-17)26-24-25-15-22(23(27-24)30-21-12-14-29-16-21)19-7-5-18(6-8-19)11-13-28-2/h5-8,15,17,20-21H,3-4,9-14,16H2,1-2H3,(H,25,26,27). The van der Waals surface area contributed by atoms with Crippen LogP contribution in [-0.2, 0) is 15.9 Å². The van der Waals surface area contributed by atoms with Crippen molar-refractivity contribution in [1.29, 1.82) is 0 Å². The maximum atomic E-state index is 6.27. The zero-order valence-electron chi connectivity index (χ0n) is 18.1. The number of anilines is 1. The molecule has 1 saturated heterocycles. The van der Waals surface area contributed by atoms with Gasteiger partial charge in [-0.2, -0.15) is 4.98 Å². The normalized spacial score (nSPS) is 24.0. The molecule has 0 bridgehead atoms. The van der Waals surface area contributed by atoms with Gasteiger partial charge < -0.3 is 19.5 Å². The Morgan fingerprint density at radius 2 is 1.90 bits per heavy atom. The van der Waals surface area contributed by atoms with Crippen LogP contribution in [0.5, 0.6) is 5.88 Å². The second-order valence-electron chi connectivity index (χ2n) is 8.56. The Bertz CT molecular complexity index is 798. The molecule has 2 aliphatic rings. The van der Waals surface area contributed by atoms with E-state index in [4.69, 9.17) is 19.2 Å². The van der Waals surface area contributed by atoms with Crippen LogP contribution in [0, 0.1) is 5.92 Å². The molecule has 1 aliphatic carbocycles. The highest BCUT2D eigenvalue weighted by atomic mass is 16.5. The number of aromatic nitrogens is 2. The SMILES string of the molecule is COCCc1ccc(-c2cnc(NC3CCC(C)CC3)nc2OC2CCOC2)cc1. The fourth-order valence-electron chi connectivity index (χ4n) is 4.15. The lowest BCUT2D eigenvalue weighted by atomic mass is 9.87. The Hall–Kier alpha value is -2.18. The van der Waals surface area contributed by atoms with Crippen LogP contribution in [0.3, 0.4) is 0 Å². The van der Waals surface area contributed by atoms with E-state index in [2.05, 4.69) is 41.5 Å². The monoisotopic (exact) mass is 411 g/mol. The molecule has 1 unspecified atom stereocenters. The van der Waals surface area contributed by atoms with Crippen molar-refractivity contribution in [2.45, 2.75) is 57.6 Å². The largest absolute Gasteiger partial charge is 0.471 e. The van der Waals surface area contributed by atoms with Crippen LogP contribution >= 0.6 is 0 Å². The molecule has 4 rings (SSSR count). The molecule has 1 aromatic carbocycles. The number of hydrogen-bond donors (Lipinski definition) is 1. The number of ether oxygens (including phenoxy) is 3. The van der Waals surface area contributed by atoms with Crippen molar-refractivity contribution >= 4 is 5.95 Å². The van der Waals surface area contributed by atoms with Crippen LogP contribution in [0.25, 0.3) is 11.1 Å². The van der Waals surface area contributed by atoms with Crippen molar-refractivity contribution in [2.24, 2.45) is 5.92 Å². The summed E-state index contributed by atoms with van der Waals surface area (Å²) in [5.74, 6) is 2.11. The van der Waals surface area contributed by atoms with Gasteiger partial charge >= 0.3 is 0 Å². The Balaban J connectivity index is 1.53. The van der Waals surface area contributed by atoms with Gasteiger partial charge in [0, 0.05) is 25.8 Å². The first-order valence-corrected chi connectivity index (χ1v) is 11.2. The van der Waals surface area contributed by atoms with E-state index >= 15 is 0 Å². The second-order valence-corrected chi connectivity index (χ2v) is 8.56. The van der Waals surface area contributed by atoms with Gasteiger partial charge in [0.15, 0.2) is 0 Å². The van der Waals surface area contributed by atoms with Gasteiger partial charge in [0.2, 0.25) is 11.8 Å². The number of nitrogens with zero attached hydrogens (tertiary/aromatic N) is 2. The Morgan fingerprint density at radius 3 is 2.60 bits per heavy atom. The first-order chi connectivity index (χ1) is 14.7. The van der Waals surface area contributed by atoms with E-state index in [-0.39, 0.29) is 6.10 Å². The summed E-state index contributed by atoms with van der Waals surface area (Å²) in [4.78, 5) is 9.40. The minimum absolute atomic E-state index is 0.0445. The predicted octanol–water partition coefficient (Wildman–Crippen LogP) is 4.49. The lowest BCUT2D eigenvalue weighted by Gasteiger charge is -2.27. The molecule has 1 N–H and O–H groups in total. The average Bonchev–Trinajstić information content (AvgIpc) is 3.28. The van der Waals surface area contributed by atoms with E-state index in [1.54, 1.807) is 7.11 Å². The average molecular weight is 412 g/mol. The molecule has 0 amide bonds. The minimum atomic E-state index is 0.0445. The highest BCUT2D eigenvalue weighted by Crippen LogP contribution is 2.32. The van der Waals surface area contributed by atoms with Gasteiger partial charge in [-0.1, -0.05) is 31.2 Å². The molecule has 2 fully saturated rings. The fraction of sp³-hybridized carbons (Fsp3) is 0.583. The highest BCUT2D eigenvalue weighted by Gasteiger charge is 2.23. The molecule has 0 spiro atoms. The molecule has 1 atom stereocenters. The van der Waals surface area contributed by atoms with Gasteiger partial charge in [0.05, 0.1) is 25.4 Å². The van der Waals surface area contributed by atoms with Gasteiger partial charge in [0.25, 0.3) is 0 Å². The molecule has 30 heavy (non-hydrogen) atoms. The third kappa shape index (κ3) is 5.49. The summed E-state index contributed by atoms with van der Waals surface area (Å²) >= 11 is 0. The number of methoxy groups -OCH3 is 1. The summed E-state index contributed by atoms with van der Waals surface area (Å²) in [7, 11) is 1.73. The van der Waals surface area contributed by atoms with E-state index in [0.29, 0.717) is 24.5 Å². The fourth-order valence-corrected chi connectivity index (χ4v) is 4.15. The molecular weight excluding hydrogens is 378 g/mol. The third-order valence-corrected chi connectivity index (χ3v) is 6.13. The molecular formula is C24H33N3O3. The summed E-state index contributed by atoms with van der Waals surface area (Å²) in [5.41, 5.74) is 3.23. The predicted molar refractivity (Wildman–Crippen MR) is 118 cm³/mol. The van der Waals surface area contributed by atoms with Crippen LogP contribution in [0.15, 0.2) is 30.5 Å². The van der Waals surface area contributed by atoms with E-state index < -0.39 is 0 Å². The minimum Gasteiger partial charge on any atom is -0.471 e. The zero-order valence-corrected chi connectivity index (χ0v) is 18.1. The molecule has 162 valence electrons. The van der Waals surface area contributed by atoms with Gasteiger partial charge in [-0.15, -0.1) is 0 Å². The summed E-state index contributed by atoms with van der Waals surface area (Å²) in [5, 5.41) is 3.53. The van der Waals surface area contributed by atoms with Gasteiger partial charge in [-0.3, -0.25) is 0 Å². The van der Waals surface area contributed by atoms with Gasteiger partial charge in [-0.25, -0.2) is 4.98 Å². The second kappa shape index (κ2) is 10.2. The molecule has 6 heteroatoms. The third-order valence-electron chi connectivity index (χ3n) is 6.13. The molecule has 2 heterocycles. The molecule has 1 saturated carbocycles. The zero-order chi connectivity index (χ0) is 20.8. The van der Waals surface area contributed by atoms with Crippen molar-refractivity contribution in [1.82, 2.24) is 9.97 Å². The van der Waals surface area contributed by atoms with Gasteiger partial charge in [-0.05, 0) is 49.1 Å². The first kappa shape index (κ1) is 21.1. The van der Waals surface area contributed by atoms with Crippen LogP contribution in [0.4, 0.5) is 5.95 Å². The molecule has 2 aromatic rings. The smallest absolute Gasteiger partial charge is 0.226 e. The first-order valence-electron chi connectivity index (χ1n) is 11.2. The van der Waals surface area contributed by atoms with Crippen molar-refractivity contribution in [2.75, 3.05) is 32.2 Å². The highest BCUT2D eigenvalue weighted by molar-refractivity contribution is 5.68. The number of nitrogens with one attached hydrogen (secondary N) is 1. The van der Waals surface area contributed by atoms with Crippen molar-refractivity contribution < 1.29 is 14.2 Å². The van der Waals surface area contributed by atoms with Crippen LogP contribution in [-0.4, -0.2) is 49.0 Å². The van der Waals surface area contributed by atoms with E-state index in [1.807, 2.05) is 6.20 Å². The van der Waals surface area contributed by atoms with Crippen LogP contribution in [0.1, 0.15) is 44.6 Å². The molecule has 1 aliphatic heterocycles. The molecule has 6 nitrogen and oxygen atoms in total. The summed E-state index contributed by atoms with van der Waals surface area (Å²) in [6, 6.07) is 8.92. The van der Waals surface area contributed by atoms with Crippen LogP contribution in [0.2, 0.25) is 0 Å². The summed E-state index contributed by atoms with van der Waals surface area (Å²) < 4.78 is 16.9. The summed E-state index contributed by atoms with van der Waals surface area (Å²) in [6.07, 6.45) is 8.58. The Morgan fingerprint density at radius 1 is 1.10 bits per heavy atom. The number of rotatable bonds is 8. The lowest BCUT2D eigenvalue weighted by molar-refractivity contribution is 0.138. The maximum Gasteiger partial charge on any atom is 0.226 e. The van der Waals surface area contributed by atoms with Crippen molar-refractivity contribution in [3.05, 3.63) is 36.0 Å². The van der Waals surface area contributed by atoms with Crippen LogP contribution < -0.4 is 10.1 Å². The van der Waals surface area contributed by atoms with E-state index in [9.17, 15) is 0 Å². The molecule has 0 radical (unpaired) electrons. The van der Waals surface area contributed by atoms with Gasteiger partial charge in [0.1, 0.15) is 6.10 Å². The van der Waals surface area contributed by atoms with E-state index in [0.717, 1.165) is 43.1 Å². The van der Waals surface area contributed by atoms with Crippen molar-refractivity contribution in [3.8, 4) is 17.0 Å². The lowest BCUT2D eigenvalue weighted by Crippen LogP contribution is -2.26. The number of benzene rings is 1. The van der Waals surface area contributed by atoms with Crippen molar-refractivity contribution in [3.63, 3.8) is 0 Å². The molecule has 1 aromatic heterocycles. The summed E-state index contributed by atoms with van der Waals surface area (Å²) in [6.45, 7) is 4.41. The van der Waals surface area contributed by atoms with E-state index in [1.165, 1.54) is 31.2 Å². The Kier molecular flexibility index (Phi) is 7.18. The quantitative estimate of drug-likeness (QED) is 0.690. The maximum absolute atomic E-state index is 6.27.